The molecule has 0 spiro atoms. The van der Waals surface area contributed by atoms with E-state index >= 15 is 0 Å². The molecule has 4 N–H and O–H groups in total. The Morgan fingerprint density at radius 2 is 1.50 bits per heavy atom. The molecule has 2 fully saturated rings. The lowest BCUT2D eigenvalue weighted by Gasteiger charge is -2.36. The standard InChI is InChI=1S/C14H28N2/c1-10-2-5-14(16)9-12(10)8-11-3-6-13(15)7-4-11/h10-14H,2-9,15-16H2,1H3. The third-order valence-corrected chi connectivity index (χ3v) is 4.93. The van der Waals surface area contributed by atoms with Crippen LogP contribution in [0.2, 0.25) is 0 Å². The third-order valence-electron chi connectivity index (χ3n) is 4.93. The van der Waals surface area contributed by atoms with Gasteiger partial charge in [-0.3, -0.25) is 0 Å². The molecule has 0 aromatic rings. The smallest absolute Gasteiger partial charge is 0.00416 e. The van der Waals surface area contributed by atoms with Gasteiger partial charge >= 0.3 is 0 Å². The fourth-order valence-electron chi connectivity index (χ4n) is 3.63. The minimum absolute atomic E-state index is 0.479. The predicted octanol–water partition coefficient (Wildman–Crippen LogP) is 2.66. The average molecular weight is 224 g/mol. The molecule has 0 saturated heterocycles. The molecular formula is C14H28N2. The molecule has 0 aromatic carbocycles. The molecule has 2 aliphatic carbocycles. The van der Waals surface area contributed by atoms with Crippen molar-refractivity contribution in [2.24, 2.45) is 29.2 Å². The topological polar surface area (TPSA) is 52.0 Å². The molecule has 2 heteroatoms. The van der Waals surface area contributed by atoms with E-state index in [1.165, 1.54) is 51.4 Å². The average Bonchev–Trinajstić information content (AvgIpc) is 2.27. The van der Waals surface area contributed by atoms with E-state index in [1.54, 1.807) is 0 Å². The molecule has 3 atom stereocenters. The summed E-state index contributed by atoms with van der Waals surface area (Å²) in [6.07, 6.45) is 10.5. The van der Waals surface area contributed by atoms with Crippen LogP contribution in [0.3, 0.4) is 0 Å². The van der Waals surface area contributed by atoms with Gasteiger partial charge in [-0.2, -0.15) is 0 Å². The lowest BCUT2D eigenvalue weighted by Crippen LogP contribution is -2.34. The number of hydrogen-bond donors (Lipinski definition) is 2. The summed E-state index contributed by atoms with van der Waals surface area (Å²) in [7, 11) is 0. The van der Waals surface area contributed by atoms with Crippen LogP contribution < -0.4 is 11.5 Å². The van der Waals surface area contributed by atoms with E-state index < -0.39 is 0 Å². The highest BCUT2D eigenvalue weighted by molar-refractivity contribution is 4.83. The van der Waals surface area contributed by atoms with Crippen molar-refractivity contribution >= 4 is 0 Å². The van der Waals surface area contributed by atoms with Crippen LogP contribution in [0.1, 0.15) is 58.3 Å². The Morgan fingerprint density at radius 1 is 0.875 bits per heavy atom. The Morgan fingerprint density at radius 3 is 2.19 bits per heavy atom. The minimum Gasteiger partial charge on any atom is -0.328 e. The number of hydrogen-bond acceptors (Lipinski definition) is 2. The summed E-state index contributed by atoms with van der Waals surface area (Å²) in [5.74, 6) is 2.73. The highest BCUT2D eigenvalue weighted by atomic mass is 14.6. The lowest BCUT2D eigenvalue weighted by molar-refractivity contribution is 0.171. The van der Waals surface area contributed by atoms with E-state index in [2.05, 4.69) is 6.92 Å². The first-order chi connectivity index (χ1) is 7.65. The molecule has 2 aliphatic rings. The molecule has 0 aromatic heterocycles. The molecule has 0 aliphatic heterocycles. The Labute approximate surface area is 100 Å². The van der Waals surface area contributed by atoms with Gasteiger partial charge in [-0.1, -0.05) is 6.92 Å². The molecule has 2 rings (SSSR count). The van der Waals surface area contributed by atoms with Gasteiger partial charge in [0.1, 0.15) is 0 Å². The zero-order valence-corrected chi connectivity index (χ0v) is 10.7. The number of rotatable bonds is 2. The van der Waals surface area contributed by atoms with Gasteiger partial charge in [0, 0.05) is 12.1 Å². The van der Waals surface area contributed by atoms with E-state index in [1.807, 2.05) is 0 Å². The van der Waals surface area contributed by atoms with Gasteiger partial charge in [0.25, 0.3) is 0 Å². The first-order valence-corrected chi connectivity index (χ1v) is 7.16. The fraction of sp³-hybridized carbons (Fsp3) is 1.00. The van der Waals surface area contributed by atoms with Gasteiger partial charge in [-0.05, 0) is 69.1 Å². The maximum atomic E-state index is 6.09. The highest BCUT2D eigenvalue weighted by Crippen LogP contribution is 2.37. The van der Waals surface area contributed by atoms with Crippen LogP contribution in [0.15, 0.2) is 0 Å². The lowest BCUT2D eigenvalue weighted by atomic mass is 9.71. The van der Waals surface area contributed by atoms with Gasteiger partial charge in [0.2, 0.25) is 0 Å². The number of nitrogens with two attached hydrogens (primary N) is 2. The molecule has 0 radical (unpaired) electrons. The second kappa shape index (κ2) is 5.50. The van der Waals surface area contributed by atoms with Crippen molar-refractivity contribution in [3.8, 4) is 0 Å². The normalized spacial score (nSPS) is 45.6. The molecule has 0 amide bonds. The summed E-state index contributed by atoms with van der Waals surface area (Å²) >= 11 is 0. The summed E-state index contributed by atoms with van der Waals surface area (Å²) in [6, 6.07) is 0.967. The van der Waals surface area contributed by atoms with E-state index in [-0.39, 0.29) is 0 Å². The molecular weight excluding hydrogens is 196 g/mol. The first-order valence-electron chi connectivity index (χ1n) is 7.16. The predicted molar refractivity (Wildman–Crippen MR) is 69.0 cm³/mol. The highest BCUT2D eigenvalue weighted by Gasteiger charge is 2.29. The molecule has 16 heavy (non-hydrogen) atoms. The van der Waals surface area contributed by atoms with Crippen LogP contribution >= 0.6 is 0 Å². The molecule has 3 unspecified atom stereocenters. The summed E-state index contributed by atoms with van der Waals surface area (Å²) in [4.78, 5) is 0. The van der Waals surface area contributed by atoms with Crippen molar-refractivity contribution < 1.29 is 0 Å². The summed E-state index contributed by atoms with van der Waals surface area (Å²) in [5, 5.41) is 0. The van der Waals surface area contributed by atoms with Crippen molar-refractivity contribution in [1.82, 2.24) is 0 Å². The molecule has 94 valence electrons. The Bertz CT molecular complexity index is 209. The molecule has 0 bridgehead atoms. The zero-order chi connectivity index (χ0) is 11.5. The van der Waals surface area contributed by atoms with E-state index in [4.69, 9.17) is 11.5 Å². The van der Waals surface area contributed by atoms with E-state index in [9.17, 15) is 0 Å². The van der Waals surface area contributed by atoms with Gasteiger partial charge in [0.15, 0.2) is 0 Å². The quantitative estimate of drug-likeness (QED) is 0.757. The van der Waals surface area contributed by atoms with Crippen molar-refractivity contribution in [3.05, 3.63) is 0 Å². The van der Waals surface area contributed by atoms with Gasteiger partial charge in [0.05, 0.1) is 0 Å². The van der Waals surface area contributed by atoms with Crippen molar-refractivity contribution in [2.75, 3.05) is 0 Å². The zero-order valence-electron chi connectivity index (χ0n) is 10.7. The summed E-state index contributed by atoms with van der Waals surface area (Å²) in [6.45, 7) is 2.42. The van der Waals surface area contributed by atoms with Crippen LogP contribution in [0.4, 0.5) is 0 Å². The van der Waals surface area contributed by atoms with Crippen molar-refractivity contribution in [3.63, 3.8) is 0 Å². The fourth-order valence-corrected chi connectivity index (χ4v) is 3.63. The maximum Gasteiger partial charge on any atom is 0.00416 e. The van der Waals surface area contributed by atoms with Crippen LogP contribution in [0.5, 0.6) is 0 Å². The Balaban J connectivity index is 1.79. The van der Waals surface area contributed by atoms with Crippen LogP contribution in [-0.4, -0.2) is 12.1 Å². The second-order valence-corrected chi connectivity index (χ2v) is 6.33. The Kier molecular flexibility index (Phi) is 4.26. The molecule has 2 nitrogen and oxygen atoms in total. The van der Waals surface area contributed by atoms with Crippen LogP contribution in [-0.2, 0) is 0 Å². The van der Waals surface area contributed by atoms with E-state index in [0.717, 1.165) is 17.8 Å². The largest absolute Gasteiger partial charge is 0.328 e. The van der Waals surface area contributed by atoms with Gasteiger partial charge < -0.3 is 11.5 Å². The Hall–Kier alpha value is -0.0800. The van der Waals surface area contributed by atoms with Crippen LogP contribution in [0, 0.1) is 17.8 Å². The SMILES string of the molecule is CC1CCC(N)CC1CC1CCC(N)CC1. The van der Waals surface area contributed by atoms with Crippen molar-refractivity contribution in [2.45, 2.75) is 70.4 Å². The summed E-state index contributed by atoms with van der Waals surface area (Å²) in [5.41, 5.74) is 12.1. The third kappa shape index (κ3) is 3.21. The molecule has 0 heterocycles. The van der Waals surface area contributed by atoms with Gasteiger partial charge in [-0.25, -0.2) is 0 Å². The van der Waals surface area contributed by atoms with Gasteiger partial charge in [-0.15, -0.1) is 0 Å². The maximum absolute atomic E-state index is 6.09. The minimum atomic E-state index is 0.479. The van der Waals surface area contributed by atoms with Crippen LogP contribution in [0.25, 0.3) is 0 Å². The first kappa shape index (κ1) is 12.4. The monoisotopic (exact) mass is 224 g/mol. The summed E-state index contributed by atoms with van der Waals surface area (Å²) < 4.78 is 0. The molecule has 2 saturated carbocycles. The van der Waals surface area contributed by atoms with Crippen molar-refractivity contribution in [1.29, 1.82) is 0 Å². The second-order valence-electron chi connectivity index (χ2n) is 6.33. The van der Waals surface area contributed by atoms with E-state index in [0.29, 0.717) is 12.1 Å².